The van der Waals surface area contributed by atoms with Crippen LogP contribution in [0.5, 0.6) is 5.75 Å². The molecule has 9 heteroatoms. The number of hydrogen-bond acceptors (Lipinski definition) is 5. The molecule has 8 nitrogen and oxygen atoms in total. The molecule has 1 aliphatic heterocycles. The number of aliphatic imine (C=N–C) groups is 1. The smallest absolute Gasteiger partial charge is 0.191 e. The van der Waals surface area contributed by atoms with Gasteiger partial charge in [0, 0.05) is 33.2 Å². The van der Waals surface area contributed by atoms with E-state index in [9.17, 15) is 0 Å². The van der Waals surface area contributed by atoms with Gasteiger partial charge in [-0.05, 0) is 37.8 Å². The zero-order chi connectivity index (χ0) is 20.6. The Morgan fingerprint density at radius 2 is 2.07 bits per heavy atom. The summed E-state index contributed by atoms with van der Waals surface area (Å²) in [5.74, 6) is 3.58. The Balaban J connectivity index is 0.00000320. The Kier molecular flexibility index (Phi) is 9.83. The van der Waals surface area contributed by atoms with E-state index in [0.717, 1.165) is 55.7 Å². The molecular formula is C21H33IN6O2. The Morgan fingerprint density at radius 3 is 2.77 bits per heavy atom. The summed E-state index contributed by atoms with van der Waals surface area (Å²) in [5.41, 5.74) is 2.35. The standard InChI is InChI=1S/C21H32N6O2.HI/c1-15-7-5-8-16(2)20(15)29-12-6-11-23-21(22-3)24-17-9-10-19-25-18(14-28-4)26-27(19)13-17;/h5,7-8,17H,6,9-14H2,1-4H3,(H2,22,23,24);1H. The lowest BCUT2D eigenvalue weighted by Gasteiger charge is -2.25. The van der Waals surface area contributed by atoms with Crippen LogP contribution in [0.1, 0.15) is 35.6 Å². The van der Waals surface area contributed by atoms with Crippen LogP contribution in [0.4, 0.5) is 0 Å². The Bertz CT molecular complexity index is 819. The molecule has 0 spiro atoms. The second-order valence-electron chi connectivity index (χ2n) is 7.36. The number of hydrogen-bond donors (Lipinski definition) is 2. The number of fused-ring (bicyclic) bond motifs is 1. The fourth-order valence-corrected chi connectivity index (χ4v) is 3.54. The van der Waals surface area contributed by atoms with Crippen molar-refractivity contribution < 1.29 is 9.47 Å². The van der Waals surface area contributed by atoms with Gasteiger partial charge in [-0.3, -0.25) is 4.99 Å². The molecule has 0 aliphatic carbocycles. The summed E-state index contributed by atoms with van der Waals surface area (Å²) >= 11 is 0. The van der Waals surface area contributed by atoms with Crippen molar-refractivity contribution in [1.29, 1.82) is 0 Å². The van der Waals surface area contributed by atoms with Gasteiger partial charge < -0.3 is 20.1 Å². The Hall–Kier alpha value is -1.88. The van der Waals surface area contributed by atoms with Crippen LogP contribution < -0.4 is 15.4 Å². The average Bonchev–Trinajstić information content (AvgIpc) is 3.10. The van der Waals surface area contributed by atoms with E-state index < -0.39 is 0 Å². The molecule has 0 amide bonds. The number of para-hydroxylation sites is 1. The van der Waals surface area contributed by atoms with Crippen molar-refractivity contribution >= 4 is 29.9 Å². The summed E-state index contributed by atoms with van der Waals surface area (Å²) in [6.07, 6.45) is 2.79. The molecule has 2 N–H and O–H groups in total. The molecule has 166 valence electrons. The summed E-state index contributed by atoms with van der Waals surface area (Å²) in [6, 6.07) is 6.49. The Labute approximate surface area is 195 Å². The maximum Gasteiger partial charge on any atom is 0.191 e. The first kappa shape index (κ1) is 24.4. The molecule has 1 aliphatic rings. The number of aromatic nitrogens is 3. The van der Waals surface area contributed by atoms with Crippen molar-refractivity contribution in [2.24, 2.45) is 4.99 Å². The van der Waals surface area contributed by atoms with Gasteiger partial charge in [-0.25, -0.2) is 9.67 Å². The van der Waals surface area contributed by atoms with E-state index in [4.69, 9.17) is 9.47 Å². The molecule has 2 heterocycles. The van der Waals surface area contributed by atoms with Gasteiger partial charge in [-0.2, -0.15) is 5.10 Å². The lowest BCUT2D eigenvalue weighted by Crippen LogP contribution is -2.47. The minimum Gasteiger partial charge on any atom is -0.493 e. The first-order chi connectivity index (χ1) is 14.1. The van der Waals surface area contributed by atoms with E-state index in [0.29, 0.717) is 13.2 Å². The van der Waals surface area contributed by atoms with Crippen molar-refractivity contribution in [3.05, 3.63) is 41.0 Å². The van der Waals surface area contributed by atoms with Crippen LogP contribution in [0.25, 0.3) is 0 Å². The number of nitrogens with one attached hydrogen (secondary N) is 2. The zero-order valence-corrected chi connectivity index (χ0v) is 20.6. The third-order valence-electron chi connectivity index (χ3n) is 5.01. The van der Waals surface area contributed by atoms with E-state index in [-0.39, 0.29) is 30.0 Å². The second kappa shape index (κ2) is 12.1. The van der Waals surface area contributed by atoms with Crippen molar-refractivity contribution in [3.63, 3.8) is 0 Å². The van der Waals surface area contributed by atoms with Crippen molar-refractivity contribution in [3.8, 4) is 5.75 Å². The molecule has 0 bridgehead atoms. The molecule has 0 radical (unpaired) electrons. The lowest BCUT2D eigenvalue weighted by atomic mass is 10.1. The van der Waals surface area contributed by atoms with Gasteiger partial charge in [-0.1, -0.05) is 18.2 Å². The Morgan fingerprint density at radius 1 is 1.30 bits per heavy atom. The van der Waals surface area contributed by atoms with Crippen LogP contribution in [0.3, 0.4) is 0 Å². The van der Waals surface area contributed by atoms with Crippen LogP contribution in [0.2, 0.25) is 0 Å². The minimum absolute atomic E-state index is 0. The van der Waals surface area contributed by atoms with E-state index >= 15 is 0 Å². The quantitative estimate of drug-likeness (QED) is 0.237. The van der Waals surface area contributed by atoms with Crippen LogP contribution in [-0.4, -0.2) is 54.1 Å². The van der Waals surface area contributed by atoms with Gasteiger partial charge in [0.25, 0.3) is 0 Å². The molecular weight excluding hydrogens is 495 g/mol. The van der Waals surface area contributed by atoms with Crippen LogP contribution >= 0.6 is 24.0 Å². The number of ether oxygens (including phenoxy) is 2. The summed E-state index contributed by atoms with van der Waals surface area (Å²) in [6.45, 7) is 6.85. The number of aryl methyl sites for hydroxylation is 3. The van der Waals surface area contributed by atoms with Gasteiger partial charge in [-0.15, -0.1) is 24.0 Å². The van der Waals surface area contributed by atoms with Gasteiger partial charge in [0.05, 0.1) is 13.2 Å². The predicted octanol–water partition coefficient (Wildman–Crippen LogP) is 2.61. The third kappa shape index (κ3) is 6.56. The largest absolute Gasteiger partial charge is 0.493 e. The molecule has 1 aromatic heterocycles. The lowest BCUT2D eigenvalue weighted by molar-refractivity contribution is 0.177. The summed E-state index contributed by atoms with van der Waals surface area (Å²) in [5, 5.41) is 11.4. The van der Waals surface area contributed by atoms with Crippen LogP contribution in [0, 0.1) is 13.8 Å². The van der Waals surface area contributed by atoms with E-state index in [1.165, 1.54) is 11.1 Å². The predicted molar refractivity (Wildman–Crippen MR) is 129 cm³/mol. The van der Waals surface area contributed by atoms with Crippen LogP contribution in [-0.2, 0) is 24.3 Å². The average molecular weight is 528 g/mol. The molecule has 3 rings (SSSR count). The van der Waals surface area contributed by atoms with Crippen molar-refractivity contribution in [1.82, 2.24) is 25.4 Å². The number of methoxy groups -OCH3 is 1. The summed E-state index contributed by atoms with van der Waals surface area (Å²) in [4.78, 5) is 8.87. The fourth-order valence-electron chi connectivity index (χ4n) is 3.54. The number of rotatable bonds is 8. The van der Waals surface area contributed by atoms with Crippen molar-refractivity contribution in [2.75, 3.05) is 27.3 Å². The van der Waals surface area contributed by atoms with Crippen molar-refractivity contribution in [2.45, 2.75) is 52.3 Å². The number of guanidine groups is 1. The molecule has 0 fully saturated rings. The molecule has 1 unspecified atom stereocenters. The molecule has 1 atom stereocenters. The SMILES string of the molecule is CN=C(NCCCOc1c(C)cccc1C)NC1CCc2nc(COC)nn2C1.I. The maximum absolute atomic E-state index is 5.97. The normalized spacial score (nSPS) is 15.9. The first-order valence-corrected chi connectivity index (χ1v) is 10.2. The monoisotopic (exact) mass is 528 g/mol. The van der Waals surface area contributed by atoms with Gasteiger partial charge >= 0.3 is 0 Å². The zero-order valence-electron chi connectivity index (χ0n) is 18.3. The fraction of sp³-hybridized carbons (Fsp3) is 0.571. The second-order valence-corrected chi connectivity index (χ2v) is 7.36. The topological polar surface area (TPSA) is 85.6 Å². The van der Waals surface area contributed by atoms with Gasteiger partial charge in [0.2, 0.25) is 0 Å². The van der Waals surface area contributed by atoms with E-state index in [1.807, 2.05) is 4.68 Å². The summed E-state index contributed by atoms with van der Waals surface area (Å²) < 4.78 is 13.1. The number of halogens is 1. The number of benzene rings is 1. The maximum atomic E-state index is 5.97. The number of nitrogens with zero attached hydrogens (tertiary/aromatic N) is 4. The van der Waals surface area contributed by atoms with Gasteiger partial charge in [0.1, 0.15) is 18.2 Å². The highest BCUT2D eigenvalue weighted by Gasteiger charge is 2.22. The highest BCUT2D eigenvalue weighted by atomic mass is 127. The van der Waals surface area contributed by atoms with Crippen LogP contribution in [0.15, 0.2) is 23.2 Å². The molecule has 30 heavy (non-hydrogen) atoms. The third-order valence-corrected chi connectivity index (χ3v) is 5.01. The van der Waals surface area contributed by atoms with E-state index in [1.54, 1.807) is 14.2 Å². The molecule has 0 saturated heterocycles. The van der Waals surface area contributed by atoms with Gasteiger partial charge in [0.15, 0.2) is 11.8 Å². The highest BCUT2D eigenvalue weighted by molar-refractivity contribution is 14.0. The summed E-state index contributed by atoms with van der Waals surface area (Å²) in [7, 11) is 3.45. The first-order valence-electron chi connectivity index (χ1n) is 10.2. The van der Waals surface area contributed by atoms with E-state index in [2.05, 4.69) is 57.8 Å². The molecule has 1 aromatic carbocycles. The minimum atomic E-state index is 0. The molecule has 0 saturated carbocycles. The highest BCUT2D eigenvalue weighted by Crippen LogP contribution is 2.22. The molecule has 2 aromatic rings.